The van der Waals surface area contributed by atoms with Gasteiger partial charge in [0, 0.05) is 28.8 Å². The molecule has 0 radical (unpaired) electrons. The highest BCUT2D eigenvalue weighted by atomic mass is 16.5. The van der Waals surface area contributed by atoms with Gasteiger partial charge in [0.2, 0.25) is 0 Å². The minimum Gasteiger partial charge on any atom is -0.497 e. The quantitative estimate of drug-likeness (QED) is 0.640. The minimum atomic E-state index is -0.297. The Hall–Kier alpha value is -3.02. The molecule has 164 valence electrons. The summed E-state index contributed by atoms with van der Waals surface area (Å²) in [6, 6.07) is 7.78. The van der Waals surface area contributed by atoms with Crippen molar-refractivity contribution in [2.24, 2.45) is 5.92 Å². The van der Waals surface area contributed by atoms with Crippen LogP contribution in [0.3, 0.4) is 0 Å². The number of H-pyrrole nitrogens is 1. The largest absolute Gasteiger partial charge is 0.497 e. The van der Waals surface area contributed by atoms with Crippen LogP contribution >= 0.6 is 0 Å². The molecule has 0 bridgehead atoms. The van der Waals surface area contributed by atoms with E-state index in [0.29, 0.717) is 12.5 Å². The Morgan fingerprint density at radius 2 is 2.06 bits per heavy atom. The maximum atomic E-state index is 13.3. The maximum Gasteiger partial charge on any atom is 0.263 e. The molecule has 3 aromatic rings. The summed E-state index contributed by atoms with van der Waals surface area (Å²) in [5, 5.41) is 4.29. The van der Waals surface area contributed by atoms with Crippen molar-refractivity contribution >= 4 is 16.8 Å². The molecule has 0 saturated carbocycles. The van der Waals surface area contributed by atoms with E-state index in [2.05, 4.69) is 24.1 Å². The smallest absolute Gasteiger partial charge is 0.263 e. The highest BCUT2D eigenvalue weighted by molar-refractivity contribution is 5.96. The molecule has 2 heterocycles. The van der Waals surface area contributed by atoms with Gasteiger partial charge in [0.25, 0.3) is 11.5 Å². The van der Waals surface area contributed by atoms with Crippen molar-refractivity contribution in [3.8, 4) is 5.75 Å². The van der Waals surface area contributed by atoms with E-state index in [1.807, 2.05) is 38.1 Å². The highest BCUT2D eigenvalue weighted by Gasteiger charge is 2.28. The number of pyridine rings is 1. The average Bonchev–Trinajstić information content (AvgIpc) is 3.09. The van der Waals surface area contributed by atoms with Crippen molar-refractivity contribution in [3.05, 3.63) is 62.7 Å². The van der Waals surface area contributed by atoms with Gasteiger partial charge in [-0.25, -0.2) is 0 Å². The molecule has 0 spiro atoms. The number of benzene rings is 1. The number of aryl methyl sites for hydroxylation is 3. The van der Waals surface area contributed by atoms with Crippen molar-refractivity contribution in [1.82, 2.24) is 14.9 Å². The first-order chi connectivity index (χ1) is 14.8. The summed E-state index contributed by atoms with van der Waals surface area (Å²) < 4.78 is 7.10. The molecule has 1 aliphatic rings. The minimum absolute atomic E-state index is 0.145. The molecule has 2 N–H and O–H groups in total. The lowest BCUT2D eigenvalue weighted by molar-refractivity contribution is 0.0929. The molecule has 2 aromatic heterocycles. The number of ether oxygens (including phenoxy) is 1. The van der Waals surface area contributed by atoms with Gasteiger partial charge in [-0.05, 0) is 74.4 Å². The highest BCUT2D eigenvalue weighted by Crippen LogP contribution is 2.36. The van der Waals surface area contributed by atoms with Gasteiger partial charge in [0.05, 0.1) is 13.2 Å². The average molecular weight is 422 g/mol. The molecule has 1 aromatic carbocycles. The zero-order chi connectivity index (χ0) is 22.3. The van der Waals surface area contributed by atoms with Crippen LogP contribution in [0.15, 0.2) is 29.1 Å². The van der Waals surface area contributed by atoms with Gasteiger partial charge in [-0.15, -0.1) is 0 Å². The summed E-state index contributed by atoms with van der Waals surface area (Å²) in [6.07, 6.45) is 2.78. The van der Waals surface area contributed by atoms with Gasteiger partial charge >= 0.3 is 0 Å². The van der Waals surface area contributed by atoms with Crippen LogP contribution in [0.5, 0.6) is 5.75 Å². The predicted octanol–water partition coefficient (Wildman–Crippen LogP) is 4.42. The van der Waals surface area contributed by atoms with E-state index >= 15 is 0 Å². The van der Waals surface area contributed by atoms with Gasteiger partial charge in [0.15, 0.2) is 0 Å². The van der Waals surface area contributed by atoms with E-state index in [1.54, 1.807) is 11.7 Å². The predicted molar refractivity (Wildman–Crippen MR) is 123 cm³/mol. The number of amides is 1. The fourth-order valence-corrected chi connectivity index (χ4v) is 4.74. The fourth-order valence-electron chi connectivity index (χ4n) is 4.74. The summed E-state index contributed by atoms with van der Waals surface area (Å²) in [7, 11) is 1.67. The Balaban J connectivity index is 1.69. The summed E-state index contributed by atoms with van der Waals surface area (Å²) in [4.78, 5) is 29.9. The van der Waals surface area contributed by atoms with Crippen molar-refractivity contribution in [1.29, 1.82) is 0 Å². The lowest BCUT2D eigenvalue weighted by Gasteiger charge is -2.24. The first-order valence-electron chi connectivity index (χ1n) is 11.0. The number of carbonyl (C=O) groups is 1. The molecule has 4 rings (SSSR count). The number of carbonyl (C=O) groups excluding carboxylic acids is 1. The SMILES string of the molecule is COc1ccc2[nH]c3c(c2c1)CCCC3NC(=O)c1c(C)cc(C)n(CC(C)C)c1=O. The normalized spacial score (nSPS) is 15.9. The summed E-state index contributed by atoms with van der Waals surface area (Å²) in [5.74, 6) is 0.842. The van der Waals surface area contributed by atoms with Crippen LogP contribution in [-0.4, -0.2) is 22.6 Å². The summed E-state index contributed by atoms with van der Waals surface area (Å²) in [6.45, 7) is 8.50. The van der Waals surface area contributed by atoms with Gasteiger partial charge < -0.3 is 19.6 Å². The van der Waals surface area contributed by atoms with E-state index in [9.17, 15) is 9.59 Å². The molecule has 1 amide bonds. The number of fused-ring (bicyclic) bond motifs is 3. The Bertz CT molecular complexity index is 1200. The second-order valence-electron chi connectivity index (χ2n) is 9.00. The molecule has 1 aliphatic carbocycles. The zero-order valence-corrected chi connectivity index (χ0v) is 19.0. The first-order valence-corrected chi connectivity index (χ1v) is 11.0. The number of aromatic nitrogens is 2. The van der Waals surface area contributed by atoms with Crippen LogP contribution < -0.4 is 15.6 Å². The van der Waals surface area contributed by atoms with Crippen LogP contribution in [0.25, 0.3) is 10.9 Å². The number of nitrogens with one attached hydrogen (secondary N) is 2. The van der Waals surface area contributed by atoms with Gasteiger partial charge in [-0.1, -0.05) is 13.8 Å². The Morgan fingerprint density at radius 1 is 1.29 bits per heavy atom. The number of hydrogen-bond donors (Lipinski definition) is 2. The number of methoxy groups -OCH3 is 1. The van der Waals surface area contributed by atoms with E-state index < -0.39 is 0 Å². The third-order valence-electron chi connectivity index (χ3n) is 6.20. The number of nitrogens with zero attached hydrogens (tertiary/aromatic N) is 1. The molecule has 1 unspecified atom stereocenters. The van der Waals surface area contributed by atoms with Gasteiger partial charge in [-0.2, -0.15) is 0 Å². The molecule has 0 saturated heterocycles. The van der Waals surface area contributed by atoms with Crippen molar-refractivity contribution in [2.75, 3.05) is 7.11 Å². The number of rotatable bonds is 5. The Morgan fingerprint density at radius 3 is 2.77 bits per heavy atom. The van der Waals surface area contributed by atoms with Crippen LogP contribution in [0, 0.1) is 19.8 Å². The third-order valence-corrected chi connectivity index (χ3v) is 6.20. The second kappa shape index (κ2) is 8.25. The topological polar surface area (TPSA) is 76.1 Å². The van der Waals surface area contributed by atoms with Gasteiger partial charge in [-0.3, -0.25) is 9.59 Å². The molecular weight excluding hydrogens is 390 g/mol. The van der Waals surface area contributed by atoms with Crippen molar-refractivity contribution in [3.63, 3.8) is 0 Å². The standard InChI is InChI=1S/C25H31N3O3/c1-14(2)13-28-16(4)11-15(3)22(25(28)30)24(29)27-21-8-6-7-18-19-12-17(31-5)9-10-20(19)26-23(18)21/h9-12,14,21,26H,6-8,13H2,1-5H3,(H,27,29). The number of aromatic amines is 1. The van der Waals surface area contributed by atoms with Crippen LogP contribution in [0.4, 0.5) is 0 Å². The van der Waals surface area contributed by atoms with Gasteiger partial charge in [0.1, 0.15) is 11.3 Å². The van der Waals surface area contributed by atoms with E-state index in [-0.39, 0.29) is 23.1 Å². The fraction of sp³-hybridized carbons (Fsp3) is 0.440. The Labute approximate surface area is 182 Å². The van der Waals surface area contributed by atoms with Crippen molar-refractivity contribution in [2.45, 2.75) is 59.5 Å². The summed E-state index contributed by atoms with van der Waals surface area (Å²) in [5.41, 5.74) is 4.95. The molecular formula is C25H31N3O3. The molecule has 6 nitrogen and oxygen atoms in total. The second-order valence-corrected chi connectivity index (χ2v) is 9.00. The monoisotopic (exact) mass is 421 g/mol. The van der Waals surface area contributed by atoms with Crippen LogP contribution in [0.2, 0.25) is 0 Å². The van der Waals surface area contributed by atoms with Crippen LogP contribution in [0.1, 0.15) is 65.6 Å². The van der Waals surface area contributed by atoms with E-state index in [0.717, 1.165) is 52.9 Å². The zero-order valence-electron chi connectivity index (χ0n) is 19.0. The molecule has 6 heteroatoms. The molecule has 1 atom stereocenters. The third kappa shape index (κ3) is 3.87. The summed E-state index contributed by atoms with van der Waals surface area (Å²) >= 11 is 0. The number of hydrogen-bond acceptors (Lipinski definition) is 3. The van der Waals surface area contributed by atoms with Crippen molar-refractivity contribution < 1.29 is 9.53 Å². The Kier molecular flexibility index (Phi) is 5.65. The molecule has 0 fully saturated rings. The maximum absolute atomic E-state index is 13.3. The molecule has 31 heavy (non-hydrogen) atoms. The molecule has 0 aliphatic heterocycles. The van der Waals surface area contributed by atoms with E-state index in [1.165, 1.54) is 5.56 Å². The lowest BCUT2D eigenvalue weighted by atomic mass is 9.91. The first kappa shape index (κ1) is 21.2. The van der Waals surface area contributed by atoms with Crippen LogP contribution in [-0.2, 0) is 13.0 Å². The van der Waals surface area contributed by atoms with E-state index in [4.69, 9.17) is 4.74 Å². The lowest BCUT2D eigenvalue weighted by Crippen LogP contribution is -2.38.